The Bertz CT molecular complexity index is 643. The van der Waals surface area contributed by atoms with Crippen molar-refractivity contribution in [3.05, 3.63) is 35.4 Å². The van der Waals surface area contributed by atoms with Gasteiger partial charge in [0.25, 0.3) is 0 Å². The van der Waals surface area contributed by atoms with Crippen molar-refractivity contribution in [1.82, 2.24) is 24.6 Å². The molecular formula is C17H26N6. The van der Waals surface area contributed by atoms with Gasteiger partial charge in [0, 0.05) is 33.9 Å². The van der Waals surface area contributed by atoms with Gasteiger partial charge in [-0.3, -0.25) is 9.58 Å². The van der Waals surface area contributed by atoms with Gasteiger partial charge in [-0.15, -0.1) is 0 Å². The zero-order valence-corrected chi connectivity index (χ0v) is 14.5. The standard InChI is InChI=1S/C17H26N6/c1-13-11-19-22(4)16(13)12-23-10-6-5-7-15(23)14-8-9-18-17(20-14)21(2)3/h8-9,11,15H,5-7,10,12H2,1-4H3/t15-/m0/s1. The van der Waals surface area contributed by atoms with E-state index < -0.39 is 0 Å². The van der Waals surface area contributed by atoms with Gasteiger partial charge in [0.2, 0.25) is 5.95 Å². The maximum absolute atomic E-state index is 4.77. The zero-order chi connectivity index (χ0) is 16.4. The Morgan fingerprint density at radius 3 is 2.83 bits per heavy atom. The van der Waals surface area contributed by atoms with Crippen LogP contribution in [0.4, 0.5) is 5.95 Å². The molecule has 0 saturated carbocycles. The van der Waals surface area contributed by atoms with Crippen molar-refractivity contribution < 1.29 is 0 Å². The minimum Gasteiger partial charge on any atom is -0.347 e. The summed E-state index contributed by atoms with van der Waals surface area (Å²) in [6.45, 7) is 4.17. The molecule has 0 bridgehead atoms. The highest BCUT2D eigenvalue weighted by atomic mass is 15.3. The van der Waals surface area contributed by atoms with Crippen LogP contribution in [0.1, 0.15) is 42.3 Å². The summed E-state index contributed by atoms with van der Waals surface area (Å²) in [6.07, 6.45) is 7.48. The lowest BCUT2D eigenvalue weighted by Crippen LogP contribution is -2.34. The van der Waals surface area contributed by atoms with Crippen LogP contribution >= 0.6 is 0 Å². The van der Waals surface area contributed by atoms with Gasteiger partial charge in [0.1, 0.15) is 0 Å². The number of aryl methyl sites for hydroxylation is 2. The van der Waals surface area contributed by atoms with Crippen LogP contribution in [-0.2, 0) is 13.6 Å². The molecule has 3 rings (SSSR count). The summed E-state index contributed by atoms with van der Waals surface area (Å²) in [7, 11) is 5.99. The Morgan fingerprint density at radius 1 is 1.30 bits per heavy atom. The summed E-state index contributed by atoms with van der Waals surface area (Å²) in [6, 6.07) is 2.42. The maximum atomic E-state index is 4.77. The molecule has 124 valence electrons. The number of hydrogen-bond acceptors (Lipinski definition) is 5. The lowest BCUT2D eigenvalue weighted by molar-refractivity contribution is 0.133. The van der Waals surface area contributed by atoms with Crippen LogP contribution in [0.25, 0.3) is 0 Å². The molecule has 0 amide bonds. The van der Waals surface area contributed by atoms with Crippen molar-refractivity contribution in [2.75, 3.05) is 25.5 Å². The van der Waals surface area contributed by atoms with E-state index in [-0.39, 0.29) is 0 Å². The summed E-state index contributed by atoms with van der Waals surface area (Å²) in [5, 5.41) is 4.37. The number of nitrogens with zero attached hydrogens (tertiary/aromatic N) is 6. The summed E-state index contributed by atoms with van der Waals surface area (Å²) in [5.74, 6) is 0.782. The lowest BCUT2D eigenvalue weighted by Gasteiger charge is -2.35. The first-order chi connectivity index (χ1) is 11.1. The van der Waals surface area contributed by atoms with E-state index in [4.69, 9.17) is 4.98 Å². The van der Waals surface area contributed by atoms with Gasteiger partial charge in [-0.1, -0.05) is 6.42 Å². The number of rotatable bonds is 4. The average Bonchev–Trinajstić information content (AvgIpc) is 2.87. The first-order valence-corrected chi connectivity index (χ1v) is 8.28. The fourth-order valence-electron chi connectivity index (χ4n) is 3.27. The molecule has 1 fully saturated rings. The van der Waals surface area contributed by atoms with Crippen LogP contribution < -0.4 is 4.90 Å². The second kappa shape index (κ2) is 6.66. The predicted octanol–water partition coefficient (Wildman–Crippen LogP) is 2.31. The topological polar surface area (TPSA) is 50.1 Å². The van der Waals surface area contributed by atoms with Gasteiger partial charge < -0.3 is 4.90 Å². The zero-order valence-electron chi connectivity index (χ0n) is 14.5. The number of likely N-dealkylation sites (tertiary alicyclic amines) is 1. The summed E-state index contributed by atoms with van der Waals surface area (Å²) in [5.41, 5.74) is 3.68. The Labute approximate surface area is 138 Å². The third-order valence-corrected chi connectivity index (χ3v) is 4.64. The van der Waals surface area contributed by atoms with Crippen molar-refractivity contribution in [2.24, 2.45) is 7.05 Å². The Hall–Kier alpha value is -1.95. The Balaban J connectivity index is 1.85. The monoisotopic (exact) mass is 314 g/mol. The maximum Gasteiger partial charge on any atom is 0.225 e. The fourth-order valence-corrected chi connectivity index (χ4v) is 3.27. The SMILES string of the molecule is Cc1cnn(C)c1CN1CCCC[C@H]1c1ccnc(N(C)C)n1. The van der Waals surface area contributed by atoms with Gasteiger partial charge in [0.15, 0.2) is 0 Å². The molecule has 2 aromatic heterocycles. The van der Waals surface area contributed by atoms with Crippen molar-refractivity contribution in [1.29, 1.82) is 0 Å². The molecular weight excluding hydrogens is 288 g/mol. The van der Waals surface area contributed by atoms with E-state index in [1.807, 2.05) is 43.1 Å². The highest BCUT2D eigenvalue weighted by Gasteiger charge is 2.26. The number of piperidine rings is 1. The molecule has 0 aromatic carbocycles. The van der Waals surface area contributed by atoms with Crippen molar-refractivity contribution in [3.63, 3.8) is 0 Å². The highest BCUT2D eigenvalue weighted by molar-refractivity contribution is 5.28. The molecule has 0 aliphatic carbocycles. The Morgan fingerprint density at radius 2 is 2.13 bits per heavy atom. The lowest BCUT2D eigenvalue weighted by atomic mass is 9.98. The van der Waals surface area contributed by atoms with Gasteiger partial charge >= 0.3 is 0 Å². The van der Waals surface area contributed by atoms with Crippen molar-refractivity contribution in [2.45, 2.75) is 38.8 Å². The van der Waals surface area contributed by atoms with Crippen molar-refractivity contribution >= 4 is 5.95 Å². The third kappa shape index (κ3) is 3.37. The number of aromatic nitrogens is 4. The molecule has 23 heavy (non-hydrogen) atoms. The van der Waals surface area contributed by atoms with Gasteiger partial charge in [-0.25, -0.2) is 9.97 Å². The van der Waals surface area contributed by atoms with E-state index in [1.54, 1.807) is 0 Å². The van der Waals surface area contributed by atoms with Crippen molar-refractivity contribution in [3.8, 4) is 0 Å². The summed E-state index contributed by atoms with van der Waals surface area (Å²) < 4.78 is 1.99. The van der Waals surface area contributed by atoms with Crippen LogP contribution in [0.3, 0.4) is 0 Å². The van der Waals surface area contributed by atoms with E-state index in [9.17, 15) is 0 Å². The van der Waals surface area contributed by atoms with Crippen LogP contribution in [0.5, 0.6) is 0 Å². The second-order valence-corrected chi connectivity index (χ2v) is 6.56. The first-order valence-electron chi connectivity index (χ1n) is 8.28. The summed E-state index contributed by atoms with van der Waals surface area (Å²) >= 11 is 0. The minimum atomic E-state index is 0.361. The smallest absolute Gasteiger partial charge is 0.225 e. The van der Waals surface area contributed by atoms with E-state index in [0.29, 0.717) is 6.04 Å². The Kier molecular flexibility index (Phi) is 4.61. The van der Waals surface area contributed by atoms with E-state index in [2.05, 4.69) is 28.0 Å². The van der Waals surface area contributed by atoms with E-state index >= 15 is 0 Å². The molecule has 0 unspecified atom stereocenters. The largest absolute Gasteiger partial charge is 0.347 e. The normalized spacial score (nSPS) is 19.0. The molecule has 2 aromatic rings. The van der Waals surface area contributed by atoms with Crippen LogP contribution in [0, 0.1) is 6.92 Å². The van der Waals surface area contributed by atoms with Gasteiger partial charge in [-0.05, 0) is 37.9 Å². The third-order valence-electron chi connectivity index (χ3n) is 4.64. The number of hydrogen-bond donors (Lipinski definition) is 0. The first kappa shape index (κ1) is 15.9. The molecule has 1 saturated heterocycles. The van der Waals surface area contributed by atoms with Crippen LogP contribution in [0.15, 0.2) is 18.5 Å². The predicted molar refractivity (Wildman–Crippen MR) is 91.3 cm³/mol. The molecule has 1 atom stereocenters. The molecule has 0 spiro atoms. The van der Waals surface area contributed by atoms with E-state index in [1.165, 1.54) is 24.1 Å². The number of anilines is 1. The molecule has 1 aliphatic heterocycles. The highest BCUT2D eigenvalue weighted by Crippen LogP contribution is 2.31. The average molecular weight is 314 g/mol. The fraction of sp³-hybridized carbons (Fsp3) is 0.588. The van der Waals surface area contributed by atoms with Gasteiger partial charge in [-0.2, -0.15) is 5.10 Å². The minimum absolute atomic E-state index is 0.361. The van der Waals surface area contributed by atoms with Crippen LogP contribution in [0.2, 0.25) is 0 Å². The molecule has 1 aliphatic rings. The molecule has 3 heterocycles. The molecule has 0 N–H and O–H groups in total. The molecule has 0 radical (unpaired) electrons. The molecule has 6 nitrogen and oxygen atoms in total. The van der Waals surface area contributed by atoms with Crippen LogP contribution in [-0.4, -0.2) is 45.3 Å². The summed E-state index contributed by atoms with van der Waals surface area (Å²) in [4.78, 5) is 13.6. The second-order valence-electron chi connectivity index (χ2n) is 6.56. The molecule has 6 heteroatoms. The quantitative estimate of drug-likeness (QED) is 0.867. The van der Waals surface area contributed by atoms with E-state index in [0.717, 1.165) is 31.2 Å². The van der Waals surface area contributed by atoms with Gasteiger partial charge in [0.05, 0.1) is 23.6 Å².